The number of hydrogen-bond donors (Lipinski definition) is 0. The van der Waals surface area contributed by atoms with Gasteiger partial charge in [0.2, 0.25) is 11.8 Å². The average molecular weight is 330 g/mol. The molecule has 1 aliphatic heterocycles. The van der Waals surface area contributed by atoms with E-state index in [9.17, 15) is 9.59 Å². The van der Waals surface area contributed by atoms with E-state index in [2.05, 4.69) is 0 Å². The van der Waals surface area contributed by atoms with Gasteiger partial charge in [0.1, 0.15) is 6.54 Å². The van der Waals surface area contributed by atoms with E-state index < -0.39 is 5.41 Å². The van der Waals surface area contributed by atoms with E-state index in [1.54, 1.807) is 16.9 Å². The Morgan fingerprint density at radius 3 is 2.50 bits per heavy atom. The van der Waals surface area contributed by atoms with Crippen molar-refractivity contribution in [2.75, 3.05) is 31.7 Å². The van der Waals surface area contributed by atoms with E-state index >= 15 is 0 Å². The summed E-state index contributed by atoms with van der Waals surface area (Å²) >= 11 is 0. The van der Waals surface area contributed by atoms with Crippen molar-refractivity contribution in [2.24, 2.45) is 5.41 Å². The summed E-state index contributed by atoms with van der Waals surface area (Å²) in [6.45, 7) is 5.18. The van der Waals surface area contributed by atoms with Crippen LogP contribution in [0.4, 0.5) is 5.69 Å². The third kappa shape index (κ3) is 2.93. The normalized spacial score (nSPS) is 23.1. The second-order valence-corrected chi connectivity index (χ2v) is 7.19. The molecule has 1 heterocycles. The second-order valence-electron chi connectivity index (χ2n) is 7.19. The number of benzene rings is 1. The third-order valence-electron chi connectivity index (χ3n) is 5.38. The van der Waals surface area contributed by atoms with Crippen LogP contribution in [0.5, 0.6) is 0 Å². The molecule has 130 valence electrons. The van der Waals surface area contributed by atoms with Crippen LogP contribution in [0.3, 0.4) is 0 Å². The van der Waals surface area contributed by atoms with Crippen LogP contribution in [-0.2, 0) is 14.3 Å². The number of rotatable bonds is 4. The molecule has 2 amide bonds. The van der Waals surface area contributed by atoms with E-state index in [-0.39, 0.29) is 24.4 Å². The van der Waals surface area contributed by atoms with E-state index in [1.165, 1.54) is 5.56 Å². The first-order chi connectivity index (χ1) is 11.5. The number of carbonyl (C=O) groups excluding carboxylic acids is 2. The predicted molar refractivity (Wildman–Crippen MR) is 92.9 cm³/mol. The molecule has 0 bridgehead atoms. The molecule has 5 heteroatoms. The molecule has 5 nitrogen and oxygen atoms in total. The number of piperazine rings is 1. The highest BCUT2D eigenvalue weighted by atomic mass is 16.5. The van der Waals surface area contributed by atoms with E-state index in [1.807, 2.05) is 38.1 Å². The van der Waals surface area contributed by atoms with Crippen molar-refractivity contribution in [3.63, 3.8) is 0 Å². The van der Waals surface area contributed by atoms with Crippen LogP contribution in [0.15, 0.2) is 24.3 Å². The predicted octanol–water partition coefficient (Wildman–Crippen LogP) is 2.38. The molecule has 1 unspecified atom stereocenters. The number of nitrogens with zero attached hydrogens (tertiary/aromatic N) is 2. The summed E-state index contributed by atoms with van der Waals surface area (Å²) in [7, 11) is 1.64. The molecule has 1 saturated heterocycles. The largest absolute Gasteiger partial charge is 0.384 e. The topological polar surface area (TPSA) is 49.9 Å². The number of methoxy groups -OCH3 is 1. The molecule has 1 aromatic carbocycles. The lowest BCUT2D eigenvalue weighted by Gasteiger charge is -2.47. The number of anilines is 1. The van der Waals surface area contributed by atoms with Crippen LogP contribution in [0.1, 0.15) is 31.7 Å². The monoisotopic (exact) mass is 330 g/mol. The van der Waals surface area contributed by atoms with Crippen molar-refractivity contribution in [1.82, 2.24) is 4.90 Å². The van der Waals surface area contributed by atoms with Gasteiger partial charge in [0, 0.05) is 25.4 Å². The van der Waals surface area contributed by atoms with Crippen molar-refractivity contribution in [3.8, 4) is 0 Å². The quantitative estimate of drug-likeness (QED) is 0.852. The van der Waals surface area contributed by atoms with Crippen molar-refractivity contribution in [1.29, 1.82) is 0 Å². The van der Waals surface area contributed by atoms with Crippen molar-refractivity contribution in [3.05, 3.63) is 29.8 Å². The maximum Gasteiger partial charge on any atom is 0.246 e. The fourth-order valence-corrected chi connectivity index (χ4v) is 3.70. The summed E-state index contributed by atoms with van der Waals surface area (Å²) < 4.78 is 5.28. The Bertz CT molecular complexity index is 622. The molecule has 2 fully saturated rings. The summed E-state index contributed by atoms with van der Waals surface area (Å²) in [4.78, 5) is 29.2. The standard InChI is InChI=1S/C19H26N2O3/c1-14-5-7-16(8-6-14)21-11-15(2)20(12-17(21)22)18(23)19(13-24-3)9-4-10-19/h5-8,15H,4,9-13H2,1-3H3. The van der Waals surface area contributed by atoms with Crippen molar-refractivity contribution < 1.29 is 14.3 Å². The molecule has 1 aliphatic carbocycles. The average Bonchev–Trinajstić information content (AvgIpc) is 2.53. The summed E-state index contributed by atoms with van der Waals surface area (Å²) in [6, 6.07) is 7.95. The van der Waals surface area contributed by atoms with Crippen LogP contribution in [0, 0.1) is 12.3 Å². The third-order valence-corrected chi connectivity index (χ3v) is 5.38. The van der Waals surface area contributed by atoms with E-state index in [4.69, 9.17) is 4.74 Å². The maximum absolute atomic E-state index is 13.0. The SMILES string of the molecule is COCC1(C(=O)N2CC(=O)N(c3ccc(C)cc3)CC2C)CCC1. The maximum atomic E-state index is 13.0. The molecule has 3 rings (SSSR count). The van der Waals surface area contributed by atoms with Gasteiger partial charge < -0.3 is 14.5 Å². The van der Waals surface area contributed by atoms with Crippen LogP contribution in [0.2, 0.25) is 0 Å². The van der Waals surface area contributed by atoms with Gasteiger partial charge in [-0.2, -0.15) is 0 Å². The van der Waals surface area contributed by atoms with Gasteiger partial charge in [0.05, 0.1) is 12.0 Å². The van der Waals surface area contributed by atoms with E-state index in [0.717, 1.165) is 24.9 Å². The summed E-state index contributed by atoms with van der Waals surface area (Å²) in [5, 5.41) is 0. The number of aryl methyl sites for hydroxylation is 1. The number of amides is 2. The molecular weight excluding hydrogens is 304 g/mol. The fourth-order valence-electron chi connectivity index (χ4n) is 3.70. The van der Waals surface area contributed by atoms with Gasteiger partial charge in [-0.05, 0) is 38.8 Å². The molecule has 1 atom stereocenters. The summed E-state index contributed by atoms with van der Waals surface area (Å²) in [5.41, 5.74) is 1.66. The van der Waals surface area contributed by atoms with Gasteiger partial charge in [-0.25, -0.2) is 0 Å². The molecule has 24 heavy (non-hydrogen) atoms. The summed E-state index contributed by atoms with van der Waals surface area (Å²) in [5.74, 6) is 0.0669. The van der Waals surface area contributed by atoms with E-state index in [0.29, 0.717) is 13.2 Å². The lowest BCUT2D eigenvalue weighted by atomic mass is 9.68. The molecule has 1 aromatic rings. The number of ether oxygens (including phenoxy) is 1. The van der Waals surface area contributed by atoms with Gasteiger partial charge in [0.15, 0.2) is 0 Å². The zero-order valence-corrected chi connectivity index (χ0v) is 14.7. The molecule has 1 saturated carbocycles. The van der Waals surface area contributed by atoms with Gasteiger partial charge in [-0.3, -0.25) is 9.59 Å². The Labute approximate surface area is 143 Å². The highest BCUT2D eigenvalue weighted by molar-refractivity contribution is 5.99. The highest BCUT2D eigenvalue weighted by Crippen LogP contribution is 2.43. The van der Waals surface area contributed by atoms with Gasteiger partial charge in [-0.1, -0.05) is 24.1 Å². The smallest absolute Gasteiger partial charge is 0.246 e. The first kappa shape index (κ1) is 17.0. The number of carbonyl (C=O) groups is 2. The van der Waals surface area contributed by atoms with Crippen LogP contribution >= 0.6 is 0 Å². The molecule has 0 spiro atoms. The molecular formula is C19H26N2O3. The minimum absolute atomic E-state index is 0.00540. The highest BCUT2D eigenvalue weighted by Gasteiger charge is 2.48. The van der Waals surface area contributed by atoms with Crippen LogP contribution < -0.4 is 4.90 Å². The number of hydrogen-bond acceptors (Lipinski definition) is 3. The first-order valence-corrected chi connectivity index (χ1v) is 8.64. The minimum Gasteiger partial charge on any atom is -0.384 e. The molecule has 0 radical (unpaired) electrons. The van der Waals surface area contributed by atoms with Crippen LogP contribution in [0.25, 0.3) is 0 Å². The molecule has 0 aromatic heterocycles. The Morgan fingerprint density at radius 2 is 1.96 bits per heavy atom. The zero-order valence-electron chi connectivity index (χ0n) is 14.7. The second kappa shape index (κ2) is 6.55. The zero-order chi connectivity index (χ0) is 17.3. The fraction of sp³-hybridized carbons (Fsp3) is 0.579. The van der Waals surface area contributed by atoms with Gasteiger partial charge in [0.25, 0.3) is 0 Å². The van der Waals surface area contributed by atoms with Gasteiger partial charge >= 0.3 is 0 Å². The minimum atomic E-state index is -0.407. The summed E-state index contributed by atoms with van der Waals surface area (Å²) in [6.07, 6.45) is 2.78. The van der Waals surface area contributed by atoms with Gasteiger partial charge in [-0.15, -0.1) is 0 Å². The molecule has 2 aliphatic rings. The van der Waals surface area contributed by atoms with Crippen molar-refractivity contribution in [2.45, 2.75) is 39.2 Å². The Balaban J connectivity index is 1.74. The Kier molecular flexibility index (Phi) is 4.63. The van der Waals surface area contributed by atoms with Crippen LogP contribution in [-0.4, -0.2) is 49.6 Å². The molecule has 0 N–H and O–H groups in total. The Hall–Kier alpha value is -1.88. The van der Waals surface area contributed by atoms with Crippen molar-refractivity contribution >= 4 is 17.5 Å². The first-order valence-electron chi connectivity index (χ1n) is 8.64. The Morgan fingerprint density at radius 1 is 1.29 bits per heavy atom. The lowest BCUT2D eigenvalue weighted by Crippen LogP contribution is -2.61. The lowest BCUT2D eigenvalue weighted by molar-refractivity contribution is -0.157.